The van der Waals surface area contributed by atoms with Gasteiger partial charge in [-0.2, -0.15) is 0 Å². The highest BCUT2D eigenvalue weighted by Gasteiger charge is 2.19. The summed E-state index contributed by atoms with van der Waals surface area (Å²) >= 11 is 6.08. The zero-order chi connectivity index (χ0) is 23.4. The number of aromatic nitrogens is 4. The van der Waals surface area contributed by atoms with E-state index < -0.39 is 10.0 Å². The van der Waals surface area contributed by atoms with Crippen molar-refractivity contribution < 1.29 is 13.2 Å². The van der Waals surface area contributed by atoms with Gasteiger partial charge in [-0.3, -0.25) is 9.52 Å². The molecule has 0 bridgehead atoms. The number of amides is 1. The first-order valence-electron chi connectivity index (χ1n) is 9.82. The van der Waals surface area contributed by atoms with Crippen molar-refractivity contribution in [2.75, 3.05) is 10.0 Å². The summed E-state index contributed by atoms with van der Waals surface area (Å²) < 4.78 is 29.9. The minimum Gasteiger partial charge on any atom is -0.326 e. The lowest BCUT2D eigenvalue weighted by molar-refractivity contribution is -0.115. The fraction of sp³-hybridized carbons (Fsp3) is 0.0909. The summed E-state index contributed by atoms with van der Waals surface area (Å²) in [5, 5.41) is 14.0. The van der Waals surface area contributed by atoms with Crippen LogP contribution in [0.1, 0.15) is 11.1 Å². The molecular weight excluding hydrogens is 464 g/mol. The summed E-state index contributed by atoms with van der Waals surface area (Å²) in [6, 6.07) is 18.5. The molecular formula is C22H19ClN6O3S. The van der Waals surface area contributed by atoms with Gasteiger partial charge in [0.2, 0.25) is 5.91 Å². The second-order valence-corrected chi connectivity index (χ2v) is 9.27. The van der Waals surface area contributed by atoms with Gasteiger partial charge in [0, 0.05) is 5.69 Å². The van der Waals surface area contributed by atoms with Gasteiger partial charge in [0.05, 0.1) is 27.7 Å². The number of hydrogen-bond donors (Lipinski definition) is 2. The van der Waals surface area contributed by atoms with Crippen LogP contribution in [0.15, 0.2) is 78.0 Å². The molecule has 0 aliphatic carbocycles. The lowest BCUT2D eigenvalue weighted by Crippen LogP contribution is -2.17. The van der Waals surface area contributed by atoms with Crippen LogP contribution in [0.5, 0.6) is 0 Å². The summed E-state index contributed by atoms with van der Waals surface area (Å²) in [5.41, 5.74) is 2.73. The molecule has 0 saturated heterocycles. The zero-order valence-electron chi connectivity index (χ0n) is 17.4. The normalized spacial score (nSPS) is 11.2. The predicted octanol–water partition coefficient (Wildman–Crippen LogP) is 3.61. The molecule has 0 aliphatic heterocycles. The number of sulfonamides is 1. The van der Waals surface area contributed by atoms with Crippen LogP contribution in [0.25, 0.3) is 5.69 Å². The summed E-state index contributed by atoms with van der Waals surface area (Å²) in [6.45, 7) is 1.68. The average Bonchev–Trinajstić information content (AvgIpc) is 3.32. The minimum atomic E-state index is -3.91. The van der Waals surface area contributed by atoms with E-state index in [1.165, 1.54) is 17.1 Å². The van der Waals surface area contributed by atoms with Crippen molar-refractivity contribution in [3.05, 3.63) is 89.2 Å². The molecule has 1 amide bonds. The third-order valence-corrected chi connectivity index (χ3v) is 6.63. The number of aryl methyl sites for hydroxylation is 1. The molecule has 168 valence electrons. The highest BCUT2D eigenvalue weighted by molar-refractivity contribution is 7.92. The molecule has 0 unspecified atom stereocenters. The summed E-state index contributed by atoms with van der Waals surface area (Å²) in [7, 11) is -3.91. The maximum atomic E-state index is 12.9. The van der Waals surface area contributed by atoms with Gasteiger partial charge in [0.25, 0.3) is 10.0 Å². The number of carbonyl (C=O) groups excluding carboxylic acids is 1. The first-order chi connectivity index (χ1) is 15.8. The lowest BCUT2D eigenvalue weighted by Gasteiger charge is -2.13. The first kappa shape index (κ1) is 22.4. The minimum absolute atomic E-state index is 0.0472. The van der Waals surface area contributed by atoms with E-state index in [4.69, 9.17) is 11.6 Å². The predicted molar refractivity (Wildman–Crippen MR) is 125 cm³/mol. The topological polar surface area (TPSA) is 119 Å². The number of tetrazole rings is 1. The molecule has 0 aliphatic rings. The third-order valence-electron chi connectivity index (χ3n) is 4.79. The highest BCUT2D eigenvalue weighted by Crippen LogP contribution is 2.27. The van der Waals surface area contributed by atoms with E-state index >= 15 is 0 Å². The molecule has 1 heterocycles. The first-order valence-corrected chi connectivity index (χ1v) is 11.7. The molecule has 4 rings (SSSR count). The average molecular weight is 483 g/mol. The largest absolute Gasteiger partial charge is 0.326 e. The van der Waals surface area contributed by atoms with Crippen LogP contribution in [-0.4, -0.2) is 34.5 Å². The second kappa shape index (κ2) is 9.39. The van der Waals surface area contributed by atoms with E-state index in [1.807, 2.05) is 0 Å². The Morgan fingerprint density at radius 1 is 1.06 bits per heavy atom. The molecule has 11 heteroatoms. The molecule has 0 saturated carbocycles. The Labute approximate surface area is 195 Å². The fourth-order valence-electron chi connectivity index (χ4n) is 3.15. The molecule has 4 aromatic rings. The van der Waals surface area contributed by atoms with Gasteiger partial charge < -0.3 is 5.32 Å². The number of hydrogen-bond acceptors (Lipinski definition) is 6. The van der Waals surface area contributed by atoms with E-state index in [0.29, 0.717) is 11.3 Å². The van der Waals surface area contributed by atoms with Crippen molar-refractivity contribution in [3.8, 4) is 5.69 Å². The third kappa shape index (κ3) is 5.36. The number of nitrogens with zero attached hydrogens (tertiary/aromatic N) is 4. The van der Waals surface area contributed by atoms with E-state index in [2.05, 4.69) is 25.6 Å². The van der Waals surface area contributed by atoms with E-state index in [1.54, 1.807) is 67.6 Å². The maximum Gasteiger partial charge on any atom is 0.262 e. The molecule has 0 fully saturated rings. The van der Waals surface area contributed by atoms with E-state index in [-0.39, 0.29) is 27.9 Å². The SMILES string of the molecule is Cc1ccc(NC(=O)Cc2ccc(-n3cnnn3)cc2)cc1S(=O)(=O)Nc1ccccc1Cl. The number of para-hydroxylation sites is 1. The molecule has 3 aromatic carbocycles. The fourth-order valence-corrected chi connectivity index (χ4v) is 4.74. The quantitative estimate of drug-likeness (QED) is 0.415. The molecule has 0 spiro atoms. The number of benzene rings is 3. The highest BCUT2D eigenvalue weighted by atomic mass is 35.5. The van der Waals surface area contributed by atoms with Crippen LogP contribution in [0.3, 0.4) is 0 Å². The Bertz CT molecular complexity index is 1390. The van der Waals surface area contributed by atoms with Gasteiger partial charge >= 0.3 is 0 Å². The van der Waals surface area contributed by atoms with Crippen molar-refractivity contribution in [1.82, 2.24) is 20.2 Å². The van der Waals surface area contributed by atoms with Crippen molar-refractivity contribution in [1.29, 1.82) is 0 Å². The maximum absolute atomic E-state index is 12.9. The Balaban J connectivity index is 1.47. The second-order valence-electron chi connectivity index (χ2n) is 7.21. The Kier molecular flexibility index (Phi) is 6.38. The van der Waals surface area contributed by atoms with Crippen LogP contribution < -0.4 is 10.0 Å². The summed E-state index contributed by atoms with van der Waals surface area (Å²) in [6.07, 6.45) is 1.59. The van der Waals surface area contributed by atoms with Gasteiger partial charge in [-0.15, -0.1) is 5.10 Å². The molecule has 0 atom stereocenters. The van der Waals surface area contributed by atoms with E-state index in [0.717, 1.165) is 11.3 Å². The number of anilines is 2. The molecule has 1 aromatic heterocycles. The molecule has 0 radical (unpaired) electrons. The Morgan fingerprint density at radius 2 is 1.82 bits per heavy atom. The number of halogens is 1. The molecule has 33 heavy (non-hydrogen) atoms. The number of carbonyl (C=O) groups is 1. The van der Waals surface area contributed by atoms with E-state index in [9.17, 15) is 13.2 Å². The van der Waals surface area contributed by atoms with Gasteiger partial charge in [-0.25, -0.2) is 13.1 Å². The van der Waals surface area contributed by atoms with Crippen molar-refractivity contribution >= 4 is 38.9 Å². The number of nitrogens with one attached hydrogen (secondary N) is 2. The van der Waals surface area contributed by atoms with Gasteiger partial charge in [0.15, 0.2) is 0 Å². The van der Waals surface area contributed by atoms with Gasteiger partial charge in [-0.1, -0.05) is 41.9 Å². The monoisotopic (exact) mass is 482 g/mol. The van der Waals surface area contributed by atoms with Crippen molar-refractivity contribution in [2.24, 2.45) is 0 Å². The molecule has 2 N–H and O–H groups in total. The van der Waals surface area contributed by atoms with Crippen molar-refractivity contribution in [3.63, 3.8) is 0 Å². The summed E-state index contributed by atoms with van der Waals surface area (Å²) in [5.74, 6) is -0.281. The Hall–Kier alpha value is -3.76. The smallest absolute Gasteiger partial charge is 0.262 e. The van der Waals surface area contributed by atoms with Crippen LogP contribution in [0.2, 0.25) is 5.02 Å². The van der Waals surface area contributed by atoms with Crippen LogP contribution in [0.4, 0.5) is 11.4 Å². The van der Waals surface area contributed by atoms with Crippen LogP contribution in [-0.2, 0) is 21.2 Å². The standard InChI is InChI=1S/C22H19ClN6O3S/c1-15-6-9-17(13-21(15)33(31,32)26-20-5-3-2-4-19(20)23)25-22(30)12-16-7-10-18(11-8-16)29-14-24-27-28-29/h2-11,13-14,26H,12H2,1H3,(H,25,30). The van der Waals surface area contributed by atoms with Gasteiger partial charge in [-0.05, 0) is 64.9 Å². The zero-order valence-corrected chi connectivity index (χ0v) is 19.0. The summed E-state index contributed by atoms with van der Waals surface area (Å²) in [4.78, 5) is 12.6. The Morgan fingerprint density at radius 3 is 2.52 bits per heavy atom. The van der Waals surface area contributed by atoms with Gasteiger partial charge in [0.1, 0.15) is 6.33 Å². The van der Waals surface area contributed by atoms with Crippen LogP contribution in [0, 0.1) is 6.92 Å². The number of rotatable bonds is 7. The van der Waals surface area contributed by atoms with Crippen LogP contribution >= 0.6 is 11.6 Å². The lowest BCUT2D eigenvalue weighted by atomic mass is 10.1. The molecule has 9 nitrogen and oxygen atoms in total. The van der Waals surface area contributed by atoms with Crippen molar-refractivity contribution in [2.45, 2.75) is 18.2 Å².